The van der Waals surface area contributed by atoms with Crippen molar-refractivity contribution in [3.8, 4) is 0 Å². The molecule has 0 aromatic carbocycles. The van der Waals surface area contributed by atoms with Crippen LogP contribution in [0.1, 0.15) is 43.9 Å². The van der Waals surface area contributed by atoms with Crippen molar-refractivity contribution < 1.29 is 5.21 Å². The lowest BCUT2D eigenvalue weighted by Crippen LogP contribution is -2.24. The van der Waals surface area contributed by atoms with Gasteiger partial charge in [-0.25, -0.2) is 0 Å². The molecule has 1 N–H and O–H groups in total. The van der Waals surface area contributed by atoms with E-state index in [9.17, 15) is 0 Å². The van der Waals surface area contributed by atoms with Crippen LogP contribution in [0.4, 0.5) is 0 Å². The van der Waals surface area contributed by atoms with E-state index in [1.54, 1.807) is 6.20 Å². The van der Waals surface area contributed by atoms with Gasteiger partial charge in [0.25, 0.3) is 0 Å². The van der Waals surface area contributed by atoms with E-state index in [2.05, 4.69) is 33.0 Å². The van der Waals surface area contributed by atoms with Crippen LogP contribution >= 0.6 is 27.5 Å². The number of pyridine rings is 1. The second-order valence-corrected chi connectivity index (χ2v) is 6.09. The van der Waals surface area contributed by atoms with Crippen molar-refractivity contribution in [3.63, 3.8) is 0 Å². The van der Waals surface area contributed by atoms with Crippen LogP contribution in [0.25, 0.3) is 0 Å². The first-order valence-corrected chi connectivity index (χ1v) is 7.22. The van der Waals surface area contributed by atoms with E-state index in [4.69, 9.17) is 16.8 Å². The fraction of sp³-hybridized carbons (Fsp3) is 0.538. The van der Waals surface area contributed by atoms with Gasteiger partial charge in [0.1, 0.15) is 0 Å². The third-order valence-corrected chi connectivity index (χ3v) is 5.17. The summed E-state index contributed by atoms with van der Waals surface area (Å²) in [5, 5.41) is 13.1. The number of rotatable bonds is 2. The Hall–Kier alpha value is -0.610. The first-order chi connectivity index (χ1) is 8.54. The molecule has 1 aliphatic carbocycles. The molecule has 0 bridgehead atoms. The van der Waals surface area contributed by atoms with Crippen LogP contribution in [0.3, 0.4) is 0 Å². The predicted octanol–water partition coefficient (Wildman–Crippen LogP) is 4.47. The zero-order chi connectivity index (χ0) is 13.3. The van der Waals surface area contributed by atoms with E-state index in [0.29, 0.717) is 0 Å². The molecule has 1 heterocycles. The van der Waals surface area contributed by atoms with Crippen molar-refractivity contribution >= 4 is 33.2 Å². The highest BCUT2D eigenvalue weighted by Gasteiger charge is 2.40. The second-order valence-electron chi connectivity index (χ2n) is 4.86. The summed E-state index contributed by atoms with van der Waals surface area (Å²) in [6.45, 7) is 4.14. The van der Waals surface area contributed by atoms with Gasteiger partial charge in [0.2, 0.25) is 0 Å². The largest absolute Gasteiger partial charge is 0.411 e. The SMILES string of the molecule is CCC1(c2c(C)ncc(Br)c2Cl)CC/C(=N\O)C1. The van der Waals surface area contributed by atoms with Gasteiger partial charge >= 0.3 is 0 Å². The number of hydrogen-bond donors (Lipinski definition) is 1. The molecule has 3 nitrogen and oxygen atoms in total. The minimum absolute atomic E-state index is 0.0422. The molecule has 1 aliphatic rings. The van der Waals surface area contributed by atoms with E-state index < -0.39 is 0 Å². The van der Waals surface area contributed by atoms with Gasteiger partial charge in [0.05, 0.1) is 15.2 Å². The van der Waals surface area contributed by atoms with E-state index in [1.165, 1.54) is 0 Å². The predicted molar refractivity (Wildman–Crippen MR) is 76.7 cm³/mol. The van der Waals surface area contributed by atoms with Crippen LogP contribution in [-0.4, -0.2) is 15.9 Å². The van der Waals surface area contributed by atoms with Crippen molar-refractivity contribution in [1.29, 1.82) is 0 Å². The molecule has 0 amide bonds. The van der Waals surface area contributed by atoms with Crippen molar-refractivity contribution in [2.24, 2.45) is 5.16 Å². The van der Waals surface area contributed by atoms with E-state index in [0.717, 1.165) is 52.1 Å². The molecule has 1 aromatic heterocycles. The summed E-state index contributed by atoms with van der Waals surface area (Å²) in [6, 6.07) is 0. The monoisotopic (exact) mass is 330 g/mol. The minimum atomic E-state index is -0.0422. The Morgan fingerprint density at radius 2 is 2.33 bits per heavy atom. The van der Waals surface area contributed by atoms with Gasteiger partial charge in [-0.2, -0.15) is 0 Å². The molecule has 98 valence electrons. The quantitative estimate of drug-likeness (QED) is 0.642. The van der Waals surface area contributed by atoms with Crippen LogP contribution in [-0.2, 0) is 5.41 Å². The molecule has 5 heteroatoms. The normalized spacial score (nSPS) is 25.9. The fourth-order valence-corrected chi connectivity index (χ4v) is 3.58. The smallest absolute Gasteiger partial charge is 0.0619 e. The highest BCUT2D eigenvalue weighted by atomic mass is 79.9. The Morgan fingerprint density at radius 1 is 1.61 bits per heavy atom. The zero-order valence-electron chi connectivity index (χ0n) is 10.5. The van der Waals surface area contributed by atoms with Crippen molar-refractivity contribution in [1.82, 2.24) is 4.98 Å². The Morgan fingerprint density at radius 3 is 2.89 bits per heavy atom. The van der Waals surface area contributed by atoms with Gasteiger partial charge in [-0.1, -0.05) is 23.7 Å². The summed E-state index contributed by atoms with van der Waals surface area (Å²) in [4.78, 5) is 4.39. The van der Waals surface area contributed by atoms with Gasteiger partial charge in [-0.15, -0.1) is 0 Å². The highest BCUT2D eigenvalue weighted by Crippen LogP contribution is 2.47. The molecule has 1 fully saturated rings. The molecule has 0 saturated heterocycles. The lowest BCUT2D eigenvalue weighted by atomic mass is 9.76. The number of aromatic nitrogens is 1. The van der Waals surface area contributed by atoms with Crippen molar-refractivity contribution in [2.45, 2.75) is 44.9 Å². The van der Waals surface area contributed by atoms with Crippen LogP contribution in [0, 0.1) is 6.92 Å². The van der Waals surface area contributed by atoms with E-state index in [1.807, 2.05) is 6.92 Å². The minimum Gasteiger partial charge on any atom is -0.411 e. The number of aryl methyl sites for hydroxylation is 1. The summed E-state index contributed by atoms with van der Waals surface area (Å²) in [7, 11) is 0. The molecule has 0 radical (unpaired) electrons. The molecule has 0 aliphatic heterocycles. The Bertz CT molecular complexity index is 504. The number of nitrogens with zero attached hydrogens (tertiary/aromatic N) is 2. The Kier molecular flexibility index (Phi) is 3.97. The Balaban J connectivity index is 2.56. The summed E-state index contributed by atoms with van der Waals surface area (Å²) in [5.41, 5.74) is 2.87. The second kappa shape index (κ2) is 5.17. The zero-order valence-corrected chi connectivity index (χ0v) is 12.8. The average molecular weight is 332 g/mol. The number of hydrogen-bond acceptors (Lipinski definition) is 3. The molecule has 1 atom stereocenters. The highest BCUT2D eigenvalue weighted by molar-refractivity contribution is 9.10. The molecule has 1 unspecified atom stereocenters. The lowest BCUT2D eigenvalue weighted by molar-refractivity contribution is 0.316. The van der Waals surface area contributed by atoms with Gasteiger partial charge in [0.15, 0.2) is 0 Å². The van der Waals surface area contributed by atoms with Gasteiger partial charge in [-0.3, -0.25) is 4.98 Å². The molecular formula is C13H16BrClN2O. The summed E-state index contributed by atoms with van der Waals surface area (Å²) < 4.78 is 0.826. The van der Waals surface area contributed by atoms with Gasteiger partial charge < -0.3 is 5.21 Å². The molecule has 2 rings (SSSR count). The maximum atomic E-state index is 8.96. The molecule has 1 saturated carbocycles. The molecule has 1 aromatic rings. The van der Waals surface area contributed by atoms with Crippen LogP contribution in [0.15, 0.2) is 15.8 Å². The van der Waals surface area contributed by atoms with Crippen molar-refractivity contribution in [2.75, 3.05) is 0 Å². The molecular weight excluding hydrogens is 316 g/mol. The summed E-state index contributed by atoms with van der Waals surface area (Å²) in [6.07, 6.45) is 5.25. The van der Waals surface area contributed by atoms with Gasteiger partial charge in [0, 0.05) is 17.3 Å². The van der Waals surface area contributed by atoms with Gasteiger partial charge in [-0.05, 0) is 54.1 Å². The number of halogens is 2. The van der Waals surface area contributed by atoms with E-state index in [-0.39, 0.29) is 5.41 Å². The maximum Gasteiger partial charge on any atom is 0.0619 e. The lowest BCUT2D eigenvalue weighted by Gasteiger charge is -2.30. The van der Waals surface area contributed by atoms with E-state index >= 15 is 0 Å². The standard InChI is InChI=1S/C13H16BrClN2O/c1-3-13(5-4-9(6-13)17-18)11-8(2)16-7-10(14)12(11)15/h7,18H,3-6H2,1-2H3/b17-9+. The average Bonchev–Trinajstić information content (AvgIpc) is 2.79. The fourth-order valence-electron chi connectivity index (χ4n) is 2.90. The topological polar surface area (TPSA) is 45.5 Å². The Labute approximate surface area is 120 Å². The van der Waals surface area contributed by atoms with Crippen LogP contribution in [0.2, 0.25) is 5.02 Å². The third kappa shape index (κ3) is 2.16. The molecule has 18 heavy (non-hydrogen) atoms. The van der Waals surface area contributed by atoms with Crippen LogP contribution < -0.4 is 0 Å². The van der Waals surface area contributed by atoms with Crippen molar-refractivity contribution in [3.05, 3.63) is 26.9 Å². The number of oxime groups is 1. The van der Waals surface area contributed by atoms with Crippen LogP contribution in [0.5, 0.6) is 0 Å². The summed E-state index contributed by atoms with van der Waals surface area (Å²) >= 11 is 9.89. The third-order valence-electron chi connectivity index (χ3n) is 3.95. The maximum absolute atomic E-state index is 8.96. The first-order valence-electron chi connectivity index (χ1n) is 6.05. The summed E-state index contributed by atoms with van der Waals surface area (Å²) in [5.74, 6) is 0. The first kappa shape index (κ1) is 13.8. The molecule has 0 spiro atoms.